The van der Waals surface area contributed by atoms with Gasteiger partial charge in [-0.25, -0.2) is 0 Å². The maximum absolute atomic E-state index is 11.2. The first-order chi connectivity index (χ1) is 7.15. The Morgan fingerprint density at radius 2 is 1.87 bits per heavy atom. The van der Waals surface area contributed by atoms with Crippen LogP contribution in [0, 0.1) is 0 Å². The first kappa shape index (κ1) is 13.3. The van der Waals surface area contributed by atoms with Gasteiger partial charge in [0, 0.05) is 12.1 Å². The summed E-state index contributed by atoms with van der Waals surface area (Å²) in [5.41, 5.74) is 0.331. The number of nitrogens with one attached hydrogen (secondary N) is 1. The molecule has 1 rings (SSSR count). The van der Waals surface area contributed by atoms with Crippen molar-refractivity contribution in [1.82, 2.24) is 5.32 Å². The van der Waals surface area contributed by atoms with Gasteiger partial charge in [-0.05, 0) is 25.1 Å². The zero-order valence-electron chi connectivity index (χ0n) is 9.24. The van der Waals surface area contributed by atoms with Gasteiger partial charge in [-0.3, -0.25) is 4.79 Å². The fourth-order valence-corrected chi connectivity index (χ4v) is 0.927. The maximum atomic E-state index is 11.2. The lowest BCUT2D eigenvalue weighted by Crippen LogP contribution is -2.22. The second-order valence-corrected chi connectivity index (χ2v) is 2.56. The minimum atomic E-state index is -0.288. The topological polar surface area (TPSA) is 69.6 Å². The van der Waals surface area contributed by atoms with Crippen LogP contribution >= 0.6 is 0 Å². The minimum Gasteiger partial charge on any atom is -0.504 e. The first-order valence-corrected chi connectivity index (χ1v) is 4.95. The summed E-state index contributed by atoms with van der Waals surface area (Å²) in [5.74, 6) is -0.783. The van der Waals surface area contributed by atoms with Gasteiger partial charge in [0.05, 0.1) is 0 Å². The van der Waals surface area contributed by atoms with E-state index in [1.807, 2.05) is 13.8 Å². The second kappa shape index (κ2) is 6.70. The predicted octanol–water partition coefficient (Wildman–Crippen LogP) is 1.87. The van der Waals surface area contributed by atoms with Gasteiger partial charge in [-0.1, -0.05) is 13.8 Å². The molecular formula is C11H17NO3. The summed E-state index contributed by atoms with van der Waals surface area (Å²) < 4.78 is 0. The van der Waals surface area contributed by atoms with E-state index >= 15 is 0 Å². The van der Waals surface area contributed by atoms with Crippen LogP contribution in [0.3, 0.4) is 0 Å². The Labute approximate surface area is 89.6 Å². The Bertz CT molecular complexity index is 324. The first-order valence-electron chi connectivity index (χ1n) is 4.95. The summed E-state index contributed by atoms with van der Waals surface area (Å²) in [6.07, 6.45) is 0. The van der Waals surface area contributed by atoms with Crippen LogP contribution in [0.4, 0.5) is 0 Å². The second-order valence-electron chi connectivity index (χ2n) is 2.56. The fourth-order valence-electron chi connectivity index (χ4n) is 0.927. The average molecular weight is 211 g/mol. The molecule has 84 valence electrons. The number of phenolic OH excluding ortho intramolecular Hbond substituents is 2. The van der Waals surface area contributed by atoms with Crippen LogP contribution in [-0.2, 0) is 0 Å². The number of phenols is 2. The minimum absolute atomic E-state index is 0.229. The molecule has 0 fully saturated rings. The summed E-state index contributed by atoms with van der Waals surface area (Å²) in [5, 5.41) is 20.6. The summed E-state index contributed by atoms with van der Waals surface area (Å²) >= 11 is 0. The number of carbonyl (C=O) groups is 1. The number of hydrogen-bond acceptors (Lipinski definition) is 3. The van der Waals surface area contributed by atoms with Crippen molar-refractivity contribution in [1.29, 1.82) is 0 Å². The van der Waals surface area contributed by atoms with Crippen molar-refractivity contribution in [3.8, 4) is 11.5 Å². The van der Waals surface area contributed by atoms with Crippen molar-refractivity contribution >= 4 is 5.91 Å². The van der Waals surface area contributed by atoms with Gasteiger partial charge in [-0.2, -0.15) is 0 Å². The molecule has 0 aliphatic rings. The molecule has 4 heteroatoms. The quantitative estimate of drug-likeness (QED) is 0.654. The van der Waals surface area contributed by atoms with E-state index in [2.05, 4.69) is 5.32 Å². The van der Waals surface area contributed by atoms with Crippen LogP contribution < -0.4 is 5.32 Å². The number of rotatable bonds is 2. The van der Waals surface area contributed by atoms with E-state index < -0.39 is 0 Å². The van der Waals surface area contributed by atoms with Crippen LogP contribution in [0.1, 0.15) is 31.1 Å². The van der Waals surface area contributed by atoms with Crippen molar-refractivity contribution in [3.05, 3.63) is 23.8 Å². The SMILES string of the molecule is CC.CCNC(=O)c1ccc(O)c(O)c1. The predicted molar refractivity (Wildman–Crippen MR) is 59.1 cm³/mol. The molecule has 4 nitrogen and oxygen atoms in total. The Morgan fingerprint density at radius 3 is 2.33 bits per heavy atom. The summed E-state index contributed by atoms with van der Waals surface area (Å²) in [6, 6.07) is 3.94. The summed E-state index contributed by atoms with van der Waals surface area (Å²) in [4.78, 5) is 11.2. The molecule has 0 saturated carbocycles. The number of benzene rings is 1. The molecule has 1 aromatic rings. The van der Waals surface area contributed by atoms with Gasteiger partial charge in [0.1, 0.15) is 0 Å². The molecule has 0 atom stereocenters. The molecular weight excluding hydrogens is 194 g/mol. The Kier molecular flexibility index (Phi) is 5.94. The summed E-state index contributed by atoms with van der Waals surface area (Å²) in [7, 11) is 0. The molecule has 0 saturated heterocycles. The smallest absolute Gasteiger partial charge is 0.251 e. The molecule has 0 radical (unpaired) electrons. The third kappa shape index (κ3) is 3.89. The van der Waals surface area contributed by atoms with Crippen LogP contribution in [0.2, 0.25) is 0 Å². The molecule has 0 unspecified atom stereocenters. The Morgan fingerprint density at radius 1 is 1.27 bits per heavy atom. The molecule has 0 aliphatic carbocycles. The molecule has 0 spiro atoms. The Hall–Kier alpha value is -1.71. The molecule has 3 N–H and O–H groups in total. The average Bonchev–Trinajstić information content (AvgIpc) is 2.25. The van der Waals surface area contributed by atoms with Crippen molar-refractivity contribution in [2.75, 3.05) is 6.54 Å². The van der Waals surface area contributed by atoms with Gasteiger partial charge in [0.25, 0.3) is 5.91 Å². The third-order valence-electron chi connectivity index (χ3n) is 1.57. The highest BCUT2D eigenvalue weighted by molar-refractivity contribution is 5.94. The van der Waals surface area contributed by atoms with Crippen molar-refractivity contribution in [2.24, 2.45) is 0 Å². The largest absolute Gasteiger partial charge is 0.504 e. The van der Waals surface area contributed by atoms with Crippen LogP contribution in [0.25, 0.3) is 0 Å². The van der Waals surface area contributed by atoms with E-state index in [-0.39, 0.29) is 17.4 Å². The van der Waals surface area contributed by atoms with Crippen molar-refractivity contribution in [2.45, 2.75) is 20.8 Å². The lowest BCUT2D eigenvalue weighted by Gasteiger charge is -2.03. The van der Waals surface area contributed by atoms with Gasteiger partial charge in [0.2, 0.25) is 0 Å². The molecule has 0 aromatic heterocycles. The molecule has 15 heavy (non-hydrogen) atoms. The number of amides is 1. The third-order valence-corrected chi connectivity index (χ3v) is 1.57. The van der Waals surface area contributed by atoms with E-state index in [9.17, 15) is 4.79 Å². The van der Waals surface area contributed by atoms with E-state index in [4.69, 9.17) is 10.2 Å². The molecule has 1 amide bonds. The molecule has 0 bridgehead atoms. The van der Waals surface area contributed by atoms with E-state index in [1.54, 1.807) is 6.92 Å². The highest BCUT2D eigenvalue weighted by atomic mass is 16.3. The van der Waals surface area contributed by atoms with E-state index in [1.165, 1.54) is 18.2 Å². The van der Waals surface area contributed by atoms with Crippen molar-refractivity contribution < 1.29 is 15.0 Å². The van der Waals surface area contributed by atoms with Crippen LogP contribution in [0.5, 0.6) is 11.5 Å². The van der Waals surface area contributed by atoms with Gasteiger partial charge < -0.3 is 15.5 Å². The van der Waals surface area contributed by atoms with Gasteiger partial charge in [-0.15, -0.1) is 0 Å². The molecule has 0 heterocycles. The number of aromatic hydroxyl groups is 2. The monoisotopic (exact) mass is 211 g/mol. The zero-order chi connectivity index (χ0) is 11.8. The van der Waals surface area contributed by atoms with Crippen LogP contribution in [-0.4, -0.2) is 22.7 Å². The van der Waals surface area contributed by atoms with Gasteiger partial charge in [0.15, 0.2) is 11.5 Å². The zero-order valence-corrected chi connectivity index (χ0v) is 9.24. The fraction of sp³-hybridized carbons (Fsp3) is 0.364. The number of hydrogen-bond donors (Lipinski definition) is 3. The van der Waals surface area contributed by atoms with E-state index in [0.29, 0.717) is 12.1 Å². The highest BCUT2D eigenvalue weighted by Gasteiger charge is 2.06. The van der Waals surface area contributed by atoms with Crippen molar-refractivity contribution in [3.63, 3.8) is 0 Å². The highest BCUT2D eigenvalue weighted by Crippen LogP contribution is 2.24. The Balaban J connectivity index is 0.000000921. The van der Waals surface area contributed by atoms with Gasteiger partial charge >= 0.3 is 0 Å². The summed E-state index contributed by atoms with van der Waals surface area (Å²) in [6.45, 7) is 6.33. The molecule has 1 aromatic carbocycles. The standard InChI is InChI=1S/C9H11NO3.C2H6/c1-2-10-9(13)6-3-4-7(11)8(12)5-6;1-2/h3-5,11-12H,2H2,1H3,(H,10,13);1-2H3. The van der Waals surface area contributed by atoms with E-state index in [0.717, 1.165) is 0 Å². The normalized spacial score (nSPS) is 8.73. The number of carbonyl (C=O) groups excluding carboxylic acids is 1. The maximum Gasteiger partial charge on any atom is 0.251 e. The lowest BCUT2D eigenvalue weighted by molar-refractivity contribution is 0.0955. The lowest BCUT2D eigenvalue weighted by atomic mass is 10.2. The van der Waals surface area contributed by atoms with Crippen LogP contribution in [0.15, 0.2) is 18.2 Å². The molecule has 0 aliphatic heterocycles.